The van der Waals surface area contributed by atoms with Crippen molar-refractivity contribution in [3.05, 3.63) is 62.4 Å². The van der Waals surface area contributed by atoms with Crippen LogP contribution in [0.1, 0.15) is 10.4 Å². The highest BCUT2D eigenvalue weighted by molar-refractivity contribution is 5.95. The summed E-state index contributed by atoms with van der Waals surface area (Å²) in [7, 11) is 0. The number of nitro groups is 1. The lowest BCUT2D eigenvalue weighted by molar-refractivity contribution is -0.384. The molecule has 1 amide bonds. The zero-order valence-electron chi connectivity index (χ0n) is 12.0. The molecule has 0 aliphatic carbocycles. The van der Waals surface area contributed by atoms with E-state index in [9.17, 15) is 29.6 Å². The third-order valence-corrected chi connectivity index (χ3v) is 2.74. The molecular formula is C14H11N3O7. The summed E-state index contributed by atoms with van der Waals surface area (Å²) in [6.07, 6.45) is 0. The van der Waals surface area contributed by atoms with Crippen LogP contribution in [0.25, 0.3) is 0 Å². The van der Waals surface area contributed by atoms with Crippen LogP contribution in [0.15, 0.2) is 41.2 Å². The van der Waals surface area contributed by atoms with Gasteiger partial charge in [-0.1, -0.05) is 6.07 Å². The number of aromatic hydroxyl groups is 1. The van der Waals surface area contributed by atoms with E-state index in [1.807, 2.05) is 4.98 Å². The lowest BCUT2D eigenvalue weighted by Gasteiger charge is -2.06. The summed E-state index contributed by atoms with van der Waals surface area (Å²) in [6, 6.07) is 7.10. The van der Waals surface area contributed by atoms with Crippen LogP contribution in [-0.4, -0.2) is 33.5 Å². The third kappa shape index (κ3) is 4.40. The number of hydrogen-bond acceptors (Lipinski definition) is 7. The maximum atomic E-state index is 11.7. The number of aromatic nitrogens is 1. The van der Waals surface area contributed by atoms with Gasteiger partial charge in [-0.05, 0) is 6.07 Å². The Balaban J connectivity index is 1.95. The second kappa shape index (κ2) is 7.05. The van der Waals surface area contributed by atoms with Crippen LogP contribution in [0.5, 0.6) is 5.88 Å². The molecule has 1 aromatic heterocycles. The van der Waals surface area contributed by atoms with Gasteiger partial charge in [-0.25, -0.2) is 4.79 Å². The summed E-state index contributed by atoms with van der Waals surface area (Å²) in [5, 5.41) is 22.2. The summed E-state index contributed by atoms with van der Waals surface area (Å²) in [5.41, 5.74) is -0.967. The molecule has 0 fully saturated rings. The second-order valence-electron chi connectivity index (χ2n) is 4.55. The molecule has 0 saturated heterocycles. The molecule has 1 heterocycles. The molecule has 1 aromatic carbocycles. The standard InChI is InChI=1S/C14H11N3O7/c18-11-4-8(5-12(19)16-11)14(21)24-7-13(20)15-9-2-1-3-10(6-9)17(22)23/h1-6H,7H2,(H,15,20)(H2,16,18,19). The van der Waals surface area contributed by atoms with Crippen molar-refractivity contribution in [2.45, 2.75) is 0 Å². The molecule has 0 atom stereocenters. The zero-order chi connectivity index (χ0) is 17.7. The first kappa shape index (κ1) is 16.7. The van der Waals surface area contributed by atoms with Crippen LogP contribution in [0, 0.1) is 10.1 Å². The number of carbonyl (C=O) groups is 2. The highest BCUT2D eigenvalue weighted by atomic mass is 16.6. The van der Waals surface area contributed by atoms with E-state index in [2.05, 4.69) is 5.32 Å². The monoisotopic (exact) mass is 333 g/mol. The van der Waals surface area contributed by atoms with Gasteiger partial charge in [0.1, 0.15) is 0 Å². The quantitative estimate of drug-likeness (QED) is 0.415. The number of carbonyl (C=O) groups excluding carboxylic acids is 2. The molecule has 2 rings (SSSR count). The number of rotatable bonds is 5. The number of non-ortho nitro benzene ring substituents is 1. The normalized spacial score (nSPS) is 10.0. The molecule has 24 heavy (non-hydrogen) atoms. The molecule has 0 unspecified atom stereocenters. The zero-order valence-corrected chi connectivity index (χ0v) is 12.0. The molecule has 0 radical (unpaired) electrons. The average Bonchev–Trinajstić information content (AvgIpc) is 2.52. The number of amides is 1. The van der Waals surface area contributed by atoms with Crippen LogP contribution in [0.2, 0.25) is 0 Å². The van der Waals surface area contributed by atoms with E-state index in [1.54, 1.807) is 0 Å². The Hall–Kier alpha value is -3.69. The van der Waals surface area contributed by atoms with Crippen molar-refractivity contribution < 1.29 is 24.4 Å². The summed E-state index contributed by atoms with van der Waals surface area (Å²) < 4.78 is 4.70. The van der Waals surface area contributed by atoms with Crippen molar-refractivity contribution in [2.75, 3.05) is 11.9 Å². The molecule has 124 valence electrons. The van der Waals surface area contributed by atoms with Crippen LogP contribution >= 0.6 is 0 Å². The van der Waals surface area contributed by atoms with Crippen LogP contribution in [0.3, 0.4) is 0 Å². The van der Waals surface area contributed by atoms with Crippen LogP contribution in [0.4, 0.5) is 11.4 Å². The van der Waals surface area contributed by atoms with Gasteiger partial charge in [0.25, 0.3) is 17.2 Å². The topological polar surface area (TPSA) is 152 Å². The van der Waals surface area contributed by atoms with Gasteiger partial charge in [-0.3, -0.25) is 24.7 Å². The fraction of sp³-hybridized carbons (Fsp3) is 0.0714. The second-order valence-corrected chi connectivity index (χ2v) is 4.55. The first-order valence-corrected chi connectivity index (χ1v) is 6.50. The number of benzene rings is 1. The molecule has 0 spiro atoms. The predicted octanol–water partition coefficient (Wildman–Crippen LogP) is 0.784. The van der Waals surface area contributed by atoms with Crippen molar-refractivity contribution in [1.82, 2.24) is 4.98 Å². The molecule has 10 nitrogen and oxygen atoms in total. The van der Waals surface area contributed by atoms with Crippen molar-refractivity contribution in [3.8, 4) is 5.88 Å². The average molecular weight is 333 g/mol. The third-order valence-electron chi connectivity index (χ3n) is 2.74. The number of esters is 1. The maximum absolute atomic E-state index is 11.7. The van der Waals surface area contributed by atoms with Gasteiger partial charge in [0, 0.05) is 30.0 Å². The van der Waals surface area contributed by atoms with Gasteiger partial charge in [-0.15, -0.1) is 0 Å². The largest absolute Gasteiger partial charge is 0.494 e. The Morgan fingerprint density at radius 1 is 1.29 bits per heavy atom. The molecule has 0 aliphatic rings. The summed E-state index contributed by atoms with van der Waals surface area (Å²) in [5.74, 6) is -2.22. The minimum atomic E-state index is -0.981. The molecule has 3 N–H and O–H groups in total. The fourth-order valence-corrected chi connectivity index (χ4v) is 1.76. The first-order chi connectivity index (χ1) is 11.3. The minimum Gasteiger partial charge on any atom is -0.494 e. The number of nitrogens with zero attached hydrogens (tertiary/aromatic N) is 1. The number of H-pyrrole nitrogens is 1. The van der Waals surface area contributed by atoms with Crippen molar-refractivity contribution in [2.24, 2.45) is 0 Å². The predicted molar refractivity (Wildman–Crippen MR) is 80.7 cm³/mol. The lowest BCUT2D eigenvalue weighted by Crippen LogP contribution is -2.21. The first-order valence-electron chi connectivity index (χ1n) is 6.50. The van der Waals surface area contributed by atoms with Gasteiger partial charge in [0.05, 0.1) is 10.5 Å². The Morgan fingerprint density at radius 3 is 2.71 bits per heavy atom. The molecule has 0 aliphatic heterocycles. The Kier molecular flexibility index (Phi) is 4.90. The molecule has 2 aromatic rings. The van der Waals surface area contributed by atoms with Crippen molar-refractivity contribution >= 4 is 23.3 Å². The van der Waals surface area contributed by atoms with E-state index in [0.29, 0.717) is 0 Å². The van der Waals surface area contributed by atoms with E-state index in [0.717, 1.165) is 18.2 Å². The van der Waals surface area contributed by atoms with Gasteiger partial charge in [0.2, 0.25) is 0 Å². The minimum absolute atomic E-state index is 0.166. The van der Waals surface area contributed by atoms with Crippen molar-refractivity contribution in [1.29, 1.82) is 0 Å². The van der Waals surface area contributed by atoms with Gasteiger partial charge < -0.3 is 15.2 Å². The summed E-state index contributed by atoms with van der Waals surface area (Å²) in [4.78, 5) is 46.6. The van der Waals surface area contributed by atoms with E-state index in [1.165, 1.54) is 18.2 Å². The highest BCUT2D eigenvalue weighted by Gasteiger charge is 2.13. The SMILES string of the molecule is O=C(COC(=O)c1cc(O)[nH]c(=O)c1)Nc1cccc([N+](=O)[O-])c1. The van der Waals surface area contributed by atoms with E-state index in [4.69, 9.17) is 4.74 Å². The summed E-state index contributed by atoms with van der Waals surface area (Å²) in [6.45, 7) is -0.672. The van der Waals surface area contributed by atoms with Gasteiger partial charge in [-0.2, -0.15) is 0 Å². The number of pyridine rings is 1. The Morgan fingerprint density at radius 2 is 2.04 bits per heavy atom. The molecule has 0 saturated carbocycles. The van der Waals surface area contributed by atoms with Crippen LogP contribution in [-0.2, 0) is 9.53 Å². The smallest absolute Gasteiger partial charge is 0.339 e. The Bertz CT molecular complexity index is 859. The lowest BCUT2D eigenvalue weighted by atomic mass is 10.2. The summed E-state index contributed by atoms with van der Waals surface area (Å²) >= 11 is 0. The number of nitro benzene ring substituents is 1. The van der Waals surface area contributed by atoms with E-state index in [-0.39, 0.29) is 16.9 Å². The Labute approximate surface area is 133 Å². The number of anilines is 1. The number of nitrogens with one attached hydrogen (secondary N) is 2. The van der Waals surface area contributed by atoms with Crippen LogP contribution < -0.4 is 10.9 Å². The molecule has 10 heteroatoms. The van der Waals surface area contributed by atoms with E-state index >= 15 is 0 Å². The van der Waals surface area contributed by atoms with Gasteiger partial charge >= 0.3 is 5.97 Å². The number of ether oxygens (including phenoxy) is 1. The maximum Gasteiger partial charge on any atom is 0.339 e. The number of hydrogen-bond donors (Lipinski definition) is 3. The van der Waals surface area contributed by atoms with E-state index < -0.39 is 34.8 Å². The fourth-order valence-electron chi connectivity index (χ4n) is 1.76. The highest BCUT2D eigenvalue weighted by Crippen LogP contribution is 2.16. The van der Waals surface area contributed by atoms with Crippen molar-refractivity contribution in [3.63, 3.8) is 0 Å². The van der Waals surface area contributed by atoms with Gasteiger partial charge in [0.15, 0.2) is 12.5 Å². The molecular weight excluding hydrogens is 322 g/mol. The molecule has 0 bridgehead atoms. The number of aromatic amines is 1.